The highest BCUT2D eigenvalue weighted by Crippen LogP contribution is 2.37. The number of β-amino-alcohol motifs (C(OH)–C–C–N with tert-alkyl or cyclic N) is 1. The first-order chi connectivity index (χ1) is 26.8. The van der Waals surface area contributed by atoms with Crippen molar-refractivity contribution in [3.63, 3.8) is 0 Å². The maximum Gasteiger partial charge on any atom is 0.152 e. The SMILES string of the molecule is Cc1c(COc2cc(OCc3cncc(C#N)c3)c(CN3CCCC(c4nnn[nH]4)C3)cc2Cl)cccc1-c1cccc(OCCCN2CCC(O)C2)c1C. The van der Waals surface area contributed by atoms with Crippen molar-refractivity contribution in [3.05, 3.63) is 111 Å². The Bertz CT molecular complexity index is 2110. The normalized spacial score (nSPS) is 17.6. The van der Waals surface area contributed by atoms with E-state index in [2.05, 4.69) is 79.6 Å². The Morgan fingerprint density at radius 3 is 2.53 bits per heavy atom. The van der Waals surface area contributed by atoms with Crippen molar-refractivity contribution >= 4 is 11.6 Å². The van der Waals surface area contributed by atoms with Crippen LogP contribution < -0.4 is 14.2 Å². The Kier molecular flexibility index (Phi) is 12.5. The van der Waals surface area contributed by atoms with Crippen molar-refractivity contribution in [3.8, 4) is 34.4 Å². The molecule has 2 saturated heterocycles. The molecule has 55 heavy (non-hydrogen) atoms. The van der Waals surface area contributed by atoms with Crippen molar-refractivity contribution in [1.82, 2.24) is 35.4 Å². The number of halogens is 1. The summed E-state index contributed by atoms with van der Waals surface area (Å²) in [5.74, 6) is 3.07. The second-order valence-corrected chi connectivity index (χ2v) is 14.9. The number of tetrazole rings is 1. The van der Waals surface area contributed by atoms with Crippen molar-refractivity contribution in [2.75, 3.05) is 39.3 Å². The van der Waals surface area contributed by atoms with Crippen LogP contribution in [0.25, 0.3) is 11.1 Å². The van der Waals surface area contributed by atoms with Gasteiger partial charge in [0.1, 0.15) is 36.5 Å². The molecule has 4 heterocycles. The van der Waals surface area contributed by atoms with Gasteiger partial charge >= 0.3 is 0 Å². The Morgan fingerprint density at radius 1 is 0.891 bits per heavy atom. The summed E-state index contributed by atoms with van der Waals surface area (Å²) in [4.78, 5) is 8.86. The number of aromatic amines is 1. The highest BCUT2D eigenvalue weighted by molar-refractivity contribution is 6.32. The number of nitriles is 1. The molecule has 2 aliphatic rings. The molecule has 2 aliphatic heterocycles. The van der Waals surface area contributed by atoms with E-state index in [0.29, 0.717) is 41.8 Å². The van der Waals surface area contributed by atoms with Gasteiger partial charge < -0.3 is 24.2 Å². The fraction of sp³-hybridized carbons (Fsp3) is 0.405. The van der Waals surface area contributed by atoms with Crippen LogP contribution in [0.4, 0.5) is 0 Å². The minimum absolute atomic E-state index is 0.203. The van der Waals surface area contributed by atoms with Crippen LogP contribution in [0.3, 0.4) is 0 Å². The average Bonchev–Trinajstić information content (AvgIpc) is 3.90. The van der Waals surface area contributed by atoms with Crippen LogP contribution in [0.15, 0.2) is 67.0 Å². The molecule has 12 nitrogen and oxygen atoms in total. The zero-order chi connectivity index (χ0) is 38.1. The molecule has 2 atom stereocenters. The molecule has 13 heteroatoms. The number of aliphatic hydroxyl groups excluding tert-OH is 1. The summed E-state index contributed by atoms with van der Waals surface area (Å²) in [6, 6.07) is 20.2. The van der Waals surface area contributed by atoms with Gasteiger partial charge in [-0.05, 0) is 103 Å². The van der Waals surface area contributed by atoms with Crippen LogP contribution in [0.5, 0.6) is 17.2 Å². The predicted molar refractivity (Wildman–Crippen MR) is 209 cm³/mol. The molecule has 2 unspecified atom stereocenters. The lowest BCUT2D eigenvalue weighted by Gasteiger charge is -2.32. The van der Waals surface area contributed by atoms with Crippen LogP contribution >= 0.6 is 11.6 Å². The molecule has 3 aromatic carbocycles. The summed E-state index contributed by atoms with van der Waals surface area (Å²) < 4.78 is 19.1. The Morgan fingerprint density at radius 2 is 1.73 bits per heavy atom. The first kappa shape index (κ1) is 38.2. The van der Waals surface area contributed by atoms with Gasteiger partial charge in [0, 0.05) is 68.2 Å². The lowest BCUT2D eigenvalue weighted by Crippen LogP contribution is -2.34. The van der Waals surface area contributed by atoms with Crippen LogP contribution in [0.2, 0.25) is 5.02 Å². The minimum Gasteiger partial charge on any atom is -0.493 e. The maximum atomic E-state index is 9.82. The molecule has 2 N–H and O–H groups in total. The summed E-state index contributed by atoms with van der Waals surface area (Å²) >= 11 is 6.95. The first-order valence-electron chi connectivity index (χ1n) is 18.9. The number of ether oxygens (including phenoxy) is 3. The third-order valence-electron chi connectivity index (χ3n) is 10.6. The van der Waals surface area contributed by atoms with Gasteiger partial charge in [0.05, 0.1) is 23.3 Å². The number of nitrogens with one attached hydrogen (secondary N) is 1. The van der Waals surface area contributed by atoms with Gasteiger partial charge in [-0.25, -0.2) is 5.10 Å². The van der Waals surface area contributed by atoms with E-state index in [4.69, 9.17) is 25.8 Å². The second kappa shape index (κ2) is 18.0. The summed E-state index contributed by atoms with van der Waals surface area (Å²) in [6.45, 7) is 10.4. The van der Waals surface area contributed by atoms with E-state index in [1.807, 2.05) is 24.3 Å². The highest BCUT2D eigenvalue weighted by atomic mass is 35.5. The van der Waals surface area contributed by atoms with E-state index in [-0.39, 0.29) is 18.6 Å². The molecule has 286 valence electrons. The van der Waals surface area contributed by atoms with Gasteiger partial charge in [0.2, 0.25) is 0 Å². The summed E-state index contributed by atoms with van der Waals surface area (Å²) in [7, 11) is 0. The molecule has 0 saturated carbocycles. The molecule has 0 spiro atoms. The number of H-pyrrole nitrogens is 1. The quantitative estimate of drug-likeness (QED) is 0.109. The fourth-order valence-corrected chi connectivity index (χ4v) is 7.81. The lowest BCUT2D eigenvalue weighted by atomic mass is 9.93. The number of aromatic nitrogens is 5. The fourth-order valence-electron chi connectivity index (χ4n) is 7.57. The first-order valence-corrected chi connectivity index (χ1v) is 19.3. The molecular weight excluding hydrogens is 716 g/mol. The zero-order valence-corrected chi connectivity index (χ0v) is 32.1. The van der Waals surface area contributed by atoms with Crippen molar-refractivity contribution < 1.29 is 19.3 Å². The lowest BCUT2D eigenvalue weighted by molar-refractivity contribution is 0.173. The molecule has 5 aromatic rings. The number of piperidine rings is 1. The van der Waals surface area contributed by atoms with E-state index in [1.165, 1.54) is 6.20 Å². The molecule has 2 aromatic heterocycles. The standard InChI is InChI=1S/C42H47ClN8O4/c1-28-33(7-3-9-36(28)37-10-4-11-39(29(37)2)53-16-6-14-50-15-12-35(52)25-50)27-55-41-19-40(54-26-31-17-30(20-44)21-45-22-31)34(18-38(41)43)24-51-13-5-8-32(23-51)42-46-48-49-47-42/h3-4,7,9-11,17-19,21-22,32,35,52H,5-6,8,12-16,23-27H2,1-2H3,(H,46,47,48,49). The molecule has 0 bridgehead atoms. The van der Waals surface area contributed by atoms with Gasteiger partial charge in [-0.15, -0.1) is 5.10 Å². The highest BCUT2D eigenvalue weighted by Gasteiger charge is 2.26. The summed E-state index contributed by atoms with van der Waals surface area (Å²) in [5, 5.41) is 34.4. The zero-order valence-electron chi connectivity index (χ0n) is 31.4. The third kappa shape index (κ3) is 9.61. The van der Waals surface area contributed by atoms with Gasteiger partial charge in [-0.2, -0.15) is 5.26 Å². The smallest absolute Gasteiger partial charge is 0.152 e. The van der Waals surface area contributed by atoms with E-state index in [0.717, 1.165) is 109 Å². The largest absolute Gasteiger partial charge is 0.493 e. The monoisotopic (exact) mass is 762 g/mol. The van der Waals surface area contributed by atoms with E-state index >= 15 is 0 Å². The predicted octanol–water partition coefficient (Wildman–Crippen LogP) is 6.78. The van der Waals surface area contributed by atoms with Gasteiger partial charge in [-0.1, -0.05) is 41.9 Å². The molecular formula is C42H47ClN8O4. The number of pyridine rings is 1. The maximum absolute atomic E-state index is 9.82. The molecule has 0 radical (unpaired) electrons. The van der Waals surface area contributed by atoms with Crippen molar-refractivity contribution in [2.45, 2.75) is 71.3 Å². The van der Waals surface area contributed by atoms with Crippen molar-refractivity contribution in [1.29, 1.82) is 5.26 Å². The number of likely N-dealkylation sites (tertiary alicyclic amines) is 2. The molecule has 2 fully saturated rings. The number of rotatable bonds is 15. The van der Waals surface area contributed by atoms with Crippen LogP contribution in [0, 0.1) is 25.2 Å². The molecule has 7 rings (SSSR count). The van der Waals surface area contributed by atoms with Crippen molar-refractivity contribution in [2.24, 2.45) is 0 Å². The van der Waals surface area contributed by atoms with Crippen LogP contribution in [0.1, 0.15) is 70.8 Å². The van der Waals surface area contributed by atoms with Gasteiger partial charge in [-0.3, -0.25) is 9.88 Å². The Balaban J connectivity index is 1.06. The van der Waals surface area contributed by atoms with E-state index in [9.17, 15) is 10.4 Å². The van der Waals surface area contributed by atoms with E-state index in [1.54, 1.807) is 12.3 Å². The number of benzene rings is 3. The number of nitrogens with zero attached hydrogens (tertiary/aromatic N) is 7. The average molecular weight is 763 g/mol. The van der Waals surface area contributed by atoms with Gasteiger partial charge in [0.25, 0.3) is 0 Å². The number of hydrogen-bond donors (Lipinski definition) is 2. The van der Waals surface area contributed by atoms with Crippen LogP contribution in [-0.4, -0.2) is 85.9 Å². The number of aliphatic hydroxyl groups is 1. The number of hydrogen-bond acceptors (Lipinski definition) is 11. The second-order valence-electron chi connectivity index (χ2n) is 14.5. The van der Waals surface area contributed by atoms with E-state index < -0.39 is 0 Å². The molecule has 0 amide bonds. The Labute approximate surface area is 327 Å². The Hall–Kier alpha value is -5.06. The summed E-state index contributed by atoms with van der Waals surface area (Å²) in [6.07, 6.45) is 6.82. The third-order valence-corrected chi connectivity index (χ3v) is 10.9. The van der Waals surface area contributed by atoms with Crippen LogP contribution in [-0.2, 0) is 19.8 Å². The topological polar surface area (TPSA) is 146 Å². The van der Waals surface area contributed by atoms with Gasteiger partial charge in [0.15, 0.2) is 5.82 Å². The summed E-state index contributed by atoms with van der Waals surface area (Å²) in [5.41, 5.74) is 7.69. The molecule has 0 aliphatic carbocycles. The minimum atomic E-state index is -0.203.